The summed E-state index contributed by atoms with van der Waals surface area (Å²) >= 11 is 1.40. The fourth-order valence-electron chi connectivity index (χ4n) is 3.23. The number of fused-ring (bicyclic) bond motifs is 1. The average molecular weight is 449 g/mol. The van der Waals surface area contributed by atoms with Gasteiger partial charge < -0.3 is 20.1 Å². The molecule has 0 saturated carbocycles. The molecule has 1 heterocycles. The molecule has 164 valence electrons. The van der Waals surface area contributed by atoms with E-state index >= 15 is 0 Å². The first-order valence-electron chi connectivity index (χ1n) is 10.4. The van der Waals surface area contributed by atoms with Gasteiger partial charge in [0, 0.05) is 17.9 Å². The minimum absolute atomic E-state index is 0.189. The highest BCUT2D eigenvalue weighted by atomic mass is 32.2. The molecule has 0 spiro atoms. The zero-order valence-corrected chi connectivity index (χ0v) is 18.3. The number of para-hydroxylation sites is 1. The van der Waals surface area contributed by atoms with Gasteiger partial charge in [0.05, 0.1) is 30.2 Å². The van der Waals surface area contributed by atoms with Crippen LogP contribution in [0.5, 0.6) is 11.5 Å². The molecule has 1 aliphatic rings. The lowest BCUT2D eigenvalue weighted by atomic mass is 10.1. The van der Waals surface area contributed by atoms with Crippen molar-refractivity contribution >= 4 is 29.3 Å². The Morgan fingerprint density at radius 2 is 1.62 bits per heavy atom. The number of ether oxygens (including phenoxy) is 2. The van der Waals surface area contributed by atoms with Gasteiger partial charge in [-0.2, -0.15) is 0 Å². The molecule has 0 radical (unpaired) electrons. The number of rotatable bonds is 7. The van der Waals surface area contributed by atoms with Gasteiger partial charge in [0.15, 0.2) is 11.5 Å². The highest BCUT2D eigenvalue weighted by molar-refractivity contribution is 8.00. The fraction of sp³-hybridized carbons (Fsp3) is 0.200. The third kappa shape index (κ3) is 5.82. The summed E-state index contributed by atoms with van der Waals surface area (Å²) in [6, 6.07) is 22.4. The summed E-state index contributed by atoms with van der Waals surface area (Å²) in [4.78, 5) is 26.1. The number of amides is 2. The predicted molar refractivity (Wildman–Crippen MR) is 125 cm³/mol. The van der Waals surface area contributed by atoms with Crippen LogP contribution in [0.3, 0.4) is 0 Å². The topological polar surface area (TPSA) is 76.7 Å². The summed E-state index contributed by atoms with van der Waals surface area (Å²) in [5.41, 5.74) is 1.92. The Bertz CT molecular complexity index is 1090. The summed E-state index contributed by atoms with van der Waals surface area (Å²) in [6.07, 6.45) is 0.845. The minimum Gasteiger partial charge on any atom is -0.490 e. The molecule has 2 N–H and O–H groups in total. The molecule has 0 atom stereocenters. The Labute approximate surface area is 191 Å². The first-order chi connectivity index (χ1) is 15.7. The summed E-state index contributed by atoms with van der Waals surface area (Å²) < 4.78 is 11.3. The zero-order valence-electron chi connectivity index (χ0n) is 17.5. The number of hydrogen-bond donors (Lipinski definition) is 2. The SMILES string of the molecule is O=C(CSc1ccc2c(c1)OCCCO2)Nc1ccccc1C(=O)NCc1ccccc1. The standard InChI is InChI=1S/C25H24N2O4S/c28-24(17-32-19-11-12-22-23(15-19)31-14-6-13-30-22)27-21-10-5-4-9-20(21)25(29)26-16-18-7-2-1-3-8-18/h1-5,7-12,15H,6,13-14,16-17H2,(H,26,29)(H,27,28). The van der Waals surface area contributed by atoms with Gasteiger partial charge in [0.2, 0.25) is 5.91 Å². The lowest BCUT2D eigenvalue weighted by Crippen LogP contribution is -2.25. The van der Waals surface area contributed by atoms with Crippen molar-refractivity contribution in [3.8, 4) is 11.5 Å². The molecule has 3 aromatic carbocycles. The fourth-order valence-corrected chi connectivity index (χ4v) is 3.96. The molecule has 7 heteroatoms. The smallest absolute Gasteiger partial charge is 0.253 e. The molecule has 1 aliphatic heterocycles. The highest BCUT2D eigenvalue weighted by Gasteiger charge is 2.15. The molecule has 2 amide bonds. The number of anilines is 1. The van der Waals surface area contributed by atoms with E-state index in [1.54, 1.807) is 24.3 Å². The number of carbonyl (C=O) groups excluding carboxylic acids is 2. The molecule has 0 saturated heterocycles. The largest absolute Gasteiger partial charge is 0.490 e. The number of hydrogen-bond acceptors (Lipinski definition) is 5. The first-order valence-corrected chi connectivity index (χ1v) is 11.4. The second-order valence-corrected chi connectivity index (χ2v) is 8.26. The molecule has 0 aliphatic carbocycles. The van der Waals surface area contributed by atoms with E-state index in [2.05, 4.69) is 10.6 Å². The molecule has 3 aromatic rings. The second kappa shape index (κ2) is 10.7. The van der Waals surface area contributed by atoms with Gasteiger partial charge in [-0.05, 0) is 35.9 Å². The van der Waals surface area contributed by atoms with Crippen molar-refractivity contribution in [1.82, 2.24) is 5.32 Å². The van der Waals surface area contributed by atoms with Crippen molar-refractivity contribution in [2.24, 2.45) is 0 Å². The van der Waals surface area contributed by atoms with Crippen LogP contribution >= 0.6 is 11.8 Å². The Morgan fingerprint density at radius 3 is 2.47 bits per heavy atom. The second-order valence-electron chi connectivity index (χ2n) is 7.21. The summed E-state index contributed by atoms with van der Waals surface area (Å²) in [6.45, 7) is 1.67. The number of nitrogens with one attached hydrogen (secondary N) is 2. The Hall–Kier alpha value is -3.45. The molecule has 32 heavy (non-hydrogen) atoms. The maximum Gasteiger partial charge on any atom is 0.253 e. The van der Waals surface area contributed by atoms with E-state index in [-0.39, 0.29) is 17.6 Å². The van der Waals surface area contributed by atoms with Gasteiger partial charge in [-0.25, -0.2) is 0 Å². The van der Waals surface area contributed by atoms with Crippen LogP contribution in [0.4, 0.5) is 5.69 Å². The maximum absolute atomic E-state index is 12.7. The highest BCUT2D eigenvalue weighted by Crippen LogP contribution is 2.34. The van der Waals surface area contributed by atoms with Crippen molar-refractivity contribution in [1.29, 1.82) is 0 Å². The molecular weight excluding hydrogens is 424 g/mol. The van der Waals surface area contributed by atoms with E-state index in [9.17, 15) is 9.59 Å². The number of benzene rings is 3. The van der Waals surface area contributed by atoms with Crippen molar-refractivity contribution in [2.45, 2.75) is 17.9 Å². The van der Waals surface area contributed by atoms with Crippen LogP contribution in [0.2, 0.25) is 0 Å². The van der Waals surface area contributed by atoms with Gasteiger partial charge in [-0.15, -0.1) is 11.8 Å². The van der Waals surface area contributed by atoms with Crippen LogP contribution in [-0.4, -0.2) is 30.8 Å². The Morgan fingerprint density at radius 1 is 0.875 bits per heavy atom. The molecule has 4 rings (SSSR count). The number of thioether (sulfide) groups is 1. The van der Waals surface area contributed by atoms with Crippen molar-refractivity contribution in [2.75, 3.05) is 24.3 Å². The predicted octanol–water partition coefficient (Wildman–Crippen LogP) is 4.51. The molecule has 0 bridgehead atoms. The van der Waals surface area contributed by atoms with Crippen LogP contribution in [0, 0.1) is 0 Å². The summed E-state index contributed by atoms with van der Waals surface area (Å²) in [5.74, 6) is 1.21. The van der Waals surface area contributed by atoms with Crippen molar-refractivity contribution < 1.29 is 19.1 Å². The Kier molecular flexibility index (Phi) is 7.30. The van der Waals surface area contributed by atoms with E-state index < -0.39 is 0 Å². The van der Waals surface area contributed by atoms with Gasteiger partial charge in [0.1, 0.15) is 0 Å². The van der Waals surface area contributed by atoms with E-state index in [4.69, 9.17) is 9.47 Å². The van der Waals surface area contributed by atoms with Crippen molar-refractivity contribution in [3.05, 3.63) is 83.9 Å². The van der Waals surface area contributed by atoms with Crippen molar-refractivity contribution in [3.63, 3.8) is 0 Å². The molecule has 0 unspecified atom stereocenters. The third-order valence-electron chi connectivity index (χ3n) is 4.83. The quantitative estimate of drug-likeness (QED) is 0.520. The molecular formula is C25H24N2O4S. The molecule has 0 aromatic heterocycles. The normalized spacial score (nSPS) is 12.5. The number of carbonyl (C=O) groups is 2. The van der Waals surface area contributed by atoms with Gasteiger partial charge >= 0.3 is 0 Å². The van der Waals surface area contributed by atoms with Gasteiger partial charge in [-0.1, -0.05) is 42.5 Å². The summed E-state index contributed by atoms with van der Waals surface area (Å²) in [7, 11) is 0. The van der Waals surface area contributed by atoms with Crippen LogP contribution < -0.4 is 20.1 Å². The lowest BCUT2D eigenvalue weighted by molar-refractivity contribution is -0.113. The van der Waals surface area contributed by atoms with E-state index in [1.807, 2.05) is 48.5 Å². The lowest BCUT2D eigenvalue weighted by Gasteiger charge is -2.12. The maximum atomic E-state index is 12.7. The third-order valence-corrected chi connectivity index (χ3v) is 5.82. The zero-order chi connectivity index (χ0) is 22.2. The minimum atomic E-state index is -0.236. The summed E-state index contributed by atoms with van der Waals surface area (Å²) in [5, 5.41) is 5.76. The monoisotopic (exact) mass is 448 g/mol. The van der Waals surface area contributed by atoms with Crippen LogP contribution in [0.25, 0.3) is 0 Å². The first kappa shape index (κ1) is 21.8. The van der Waals surface area contributed by atoms with Crippen LogP contribution in [0.15, 0.2) is 77.7 Å². The van der Waals surface area contributed by atoms with Gasteiger partial charge in [0.25, 0.3) is 5.91 Å². The van der Waals surface area contributed by atoms with E-state index in [0.717, 1.165) is 22.6 Å². The van der Waals surface area contributed by atoms with E-state index in [0.29, 0.717) is 36.8 Å². The molecule has 6 nitrogen and oxygen atoms in total. The van der Waals surface area contributed by atoms with Gasteiger partial charge in [-0.3, -0.25) is 9.59 Å². The van der Waals surface area contributed by atoms with Crippen LogP contribution in [-0.2, 0) is 11.3 Å². The Balaban J connectivity index is 1.34. The average Bonchev–Trinajstić information content (AvgIpc) is 3.07. The van der Waals surface area contributed by atoms with Crippen LogP contribution in [0.1, 0.15) is 22.3 Å². The molecule has 0 fully saturated rings. The van der Waals surface area contributed by atoms with E-state index in [1.165, 1.54) is 11.8 Å².